The number of benzene rings is 1. The van der Waals surface area contributed by atoms with Gasteiger partial charge in [0.05, 0.1) is 0 Å². The SMILES string of the molecule is O=C(NC(F)C(F)(F)C(F)F)c1ccccc1. The van der Waals surface area contributed by atoms with Crippen LogP contribution in [0.1, 0.15) is 10.4 Å². The van der Waals surface area contributed by atoms with Gasteiger partial charge < -0.3 is 5.32 Å². The molecule has 0 spiro atoms. The van der Waals surface area contributed by atoms with Gasteiger partial charge in [-0.05, 0) is 12.1 Å². The van der Waals surface area contributed by atoms with E-state index in [2.05, 4.69) is 0 Å². The molecule has 1 aromatic carbocycles. The molecule has 0 heterocycles. The maximum absolute atomic E-state index is 12.8. The second kappa shape index (κ2) is 5.11. The summed E-state index contributed by atoms with van der Waals surface area (Å²) >= 11 is 0. The van der Waals surface area contributed by atoms with Crippen LogP contribution in [0.4, 0.5) is 22.0 Å². The molecule has 1 atom stereocenters. The standard InChI is InChI=1S/C10H8F5NO/c11-8(12)10(14,15)9(13)16-7(17)6-4-2-1-3-5-6/h1-5,8-9H,(H,16,17). The van der Waals surface area contributed by atoms with Crippen molar-refractivity contribution in [2.75, 3.05) is 0 Å². The van der Waals surface area contributed by atoms with E-state index < -0.39 is 24.6 Å². The van der Waals surface area contributed by atoms with Crippen molar-refractivity contribution in [3.63, 3.8) is 0 Å². The van der Waals surface area contributed by atoms with Crippen molar-refractivity contribution in [2.45, 2.75) is 18.6 Å². The normalized spacial score (nSPS) is 13.5. The van der Waals surface area contributed by atoms with Crippen LogP contribution in [0.3, 0.4) is 0 Å². The van der Waals surface area contributed by atoms with Crippen molar-refractivity contribution in [3.8, 4) is 0 Å². The largest absolute Gasteiger partial charge is 0.355 e. The molecule has 0 radical (unpaired) electrons. The molecular weight excluding hydrogens is 245 g/mol. The van der Waals surface area contributed by atoms with Gasteiger partial charge in [0.2, 0.25) is 6.30 Å². The van der Waals surface area contributed by atoms with E-state index in [9.17, 15) is 26.7 Å². The Labute approximate surface area is 93.4 Å². The summed E-state index contributed by atoms with van der Waals surface area (Å²) in [4.78, 5) is 11.2. The Morgan fingerprint density at radius 2 is 1.65 bits per heavy atom. The number of carbonyl (C=O) groups excluding carboxylic acids is 1. The predicted octanol–water partition coefficient (Wildman–Crippen LogP) is 2.61. The molecule has 1 unspecified atom stereocenters. The van der Waals surface area contributed by atoms with Crippen molar-refractivity contribution < 1.29 is 26.7 Å². The van der Waals surface area contributed by atoms with E-state index in [-0.39, 0.29) is 5.56 Å². The topological polar surface area (TPSA) is 29.1 Å². The van der Waals surface area contributed by atoms with Gasteiger partial charge in [-0.3, -0.25) is 4.79 Å². The van der Waals surface area contributed by atoms with Gasteiger partial charge in [0.15, 0.2) is 0 Å². The van der Waals surface area contributed by atoms with Gasteiger partial charge in [-0.1, -0.05) is 18.2 Å². The van der Waals surface area contributed by atoms with Crippen molar-refractivity contribution in [1.82, 2.24) is 5.32 Å². The first-order valence-electron chi connectivity index (χ1n) is 4.51. The van der Waals surface area contributed by atoms with Crippen LogP contribution in [0.2, 0.25) is 0 Å². The number of alkyl halides is 5. The molecule has 0 fully saturated rings. The number of amides is 1. The molecule has 1 rings (SSSR count). The van der Waals surface area contributed by atoms with Crippen LogP contribution in [0.15, 0.2) is 30.3 Å². The van der Waals surface area contributed by atoms with Crippen molar-refractivity contribution >= 4 is 5.91 Å². The number of hydrogen-bond donors (Lipinski definition) is 1. The molecule has 1 N–H and O–H groups in total. The number of rotatable bonds is 4. The third kappa shape index (κ3) is 3.15. The summed E-state index contributed by atoms with van der Waals surface area (Å²) in [6, 6.07) is 6.88. The Bertz CT molecular complexity index is 382. The van der Waals surface area contributed by atoms with Gasteiger partial charge in [0.25, 0.3) is 5.91 Å². The fourth-order valence-corrected chi connectivity index (χ4v) is 0.995. The molecule has 0 aliphatic rings. The highest BCUT2D eigenvalue weighted by Gasteiger charge is 2.50. The van der Waals surface area contributed by atoms with E-state index in [1.807, 2.05) is 0 Å². The minimum Gasteiger partial charge on any atom is -0.317 e. The summed E-state index contributed by atoms with van der Waals surface area (Å²) in [6.07, 6.45) is -7.62. The minimum atomic E-state index is -4.91. The van der Waals surface area contributed by atoms with E-state index in [1.165, 1.54) is 29.6 Å². The van der Waals surface area contributed by atoms with E-state index in [4.69, 9.17) is 0 Å². The number of carbonyl (C=O) groups is 1. The first-order valence-corrected chi connectivity index (χ1v) is 4.51. The van der Waals surface area contributed by atoms with Crippen LogP contribution in [0.25, 0.3) is 0 Å². The Hall–Kier alpha value is -1.66. The van der Waals surface area contributed by atoms with Gasteiger partial charge in [0, 0.05) is 5.56 Å². The molecule has 17 heavy (non-hydrogen) atoms. The zero-order chi connectivity index (χ0) is 13.1. The van der Waals surface area contributed by atoms with Crippen LogP contribution in [0, 0.1) is 0 Å². The second-order valence-electron chi connectivity index (χ2n) is 3.18. The van der Waals surface area contributed by atoms with Crippen LogP contribution in [0.5, 0.6) is 0 Å². The highest BCUT2D eigenvalue weighted by Crippen LogP contribution is 2.27. The first kappa shape index (κ1) is 13.4. The zero-order valence-corrected chi connectivity index (χ0v) is 8.34. The predicted molar refractivity (Wildman–Crippen MR) is 49.8 cm³/mol. The molecule has 0 aromatic heterocycles. The molecule has 0 aliphatic carbocycles. The molecule has 0 saturated heterocycles. The number of halogens is 5. The Kier molecular flexibility index (Phi) is 4.03. The van der Waals surface area contributed by atoms with Gasteiger partial charge in [-0.15, -0.1) is 0 Å². The van der Waals surface area contributed by atoms with Crippen molar-refractivity contribution in [2.24, 2.45) is 0 Å². The van der Waals surface area contributed by atoms with Crippen LogP contribution < -0.4 is 5.32 Å². The lowest BCUT2D eigenvalue weighted by Gasteiger charge is -2.20. The molecule has 7 heteroatoms. The molecule has 0 bridgehead atoms. The molecule has 0 aliphatic heterocycles. The summed E-state index contributed by atoms with van der Waals surface area (Å²) in [5, 5.41) is 1.18. The van der Waals surface area contributed by atoms with Crippen molar-refractivity contribution in [3.05, 3.63) is 35.9 Å². The van der Waals surface area contributed by atoms with E-state index in [0.29, 0.717) is 0 Å². The van der Waals surface area contributed by atoms with E-state index in [0.717, 1.165) is 0 Å². The van der Waals surface area contributed by atoms with Crippen molar-refractivity contribution in [1.29, 1.82) is 0 Å². The van der Waals surface area contributed by atoms with Crippen LogP contribution in [-0.2, 0) is 0 Å². The van der Waals surface area contributed by atoms with Gasteiger partial charge in [-0.25, -0.2) is 13.2 Å². The Morgan fingerprint density at radius 1 is 1.12 bits per heavy atom. The maximum atomic E-state index is 12.8. The lowest BCUT2D eigenvalue weighted by molar-refractivity contribution is -0.175. The fourth-order valence-electron chi connectivity index (χ4n) is 0.995. The average molecular weight is 253 g/mol. The highest BCUT2D eigenvalue weighted by molar-refractivity contribution is 5.94. The Balaban J connectivity index is 2.70. The third-order valence-corrected chi connectivity index (χ3v) is 1.92. The summed E-state index contributed by atoms with van der Waals surface area (Å²) in [5.41, 5.74) is -0.0970. The molecular formula is C10H8F5NO. The average Bonchev–Trinajstić information content (AvgIpc) is 2.29. The van der Waals surface area contributed by atoms with Gasteiger partial charge in [0.1, 0.15) is 0 Å². The molecule has 1 aromatic rings. The lowest BCUT2D eigenvalue weighted by atomic mass is 10.2. The zero-order valence-electron chi connectivity index (χ0n) is 8.34. The molecule has 1 amide bonds. The second-order valence-corrected chi connectivity index (χ2v) is 3.18. The molecule has 2 nitrogen and oxygen atoms in total. The van der Waals surface area contributed by atoms with E-state index >= 15 is 0 Å². The number of hydrogen-bond acceptors (Lipinski definition) is 1. The quantitative estimate of drug-likeness (QED) is 0.648. The van der Waals surface area contributed by atoms with Gasteiger partial charge in [-0.2, -0.15) is 8.78 Å². The number of nitrogens with one attached hydrogen (secondary N) is 1. The maximum Gasteiger partial charge on any atom is 0.355 e. The Morgan fingerprint density at radius 3 is 2.12 bits per heavy atom. The highest BCUT2D eigenvalue weighted by atomic mass is 19.3. The summed E-state index contributed by atoms with van der Waals surface area (Å²) in [7, 11) is 0. The van der Waals surface area contributed by atoms with Gasteiger partial charge >= 0.3 is 12.3 Å². The molecule has 94 valence electrons. The minimum absolute atomic E-state index is 0.0970. The summed E-state index contributed by atoms with van der Waals surface area (Å²) in [5.74, 6) is -6.09. The summed E-state index contributed by atoms with van der Waals surface area (Å²) in [6.45, 7) is 0. The fraction of sp³-hybridized carbons (Fsp3) is 0.300. The first-order chi connectivity index (χ1) is 7.85. The smallest absolute Gasteiger partial charge is 0.317 e. The van der Waals surface area contributed by atoms with Crippen LogP contribution in [-0.4, -0.2) is 24.6 Å². The lowest BCUT2D eigenvalue weighted by Crippen LogP contribution is -2.48. The van der Waals surface area contributed by atoms with E-state index in [1.54, 1.807) is 6.07 Å². The third-order valence-electron chi connectivity index (χ3n) is 1.92. The summed E-state index contributed by atoms with van der Waals surface area (Å²) < 4.78 is 61.3. The van der Waals surface area contributed by atoms with Crippen LogP contribution >= 0.6 is 0 Å². The monoisotopic (exact) mass is 253 g/mol. The molecule has 0 saturated carbocycles.